The van der Waals surface area contributed by atoms with Gasteiger partial charge in [-0.2, -0.15) is 0 Å². The van der Waals surface area contributed by atoms with Gasteiger partial charge in [-0.05, 0) is 55.4 Å². The number of likely N-dealkylation sites (tertiary alicyclic amines) is 1. The first kappa shape index (κ1) is 22.1. The maximum Gasteiger partial charge on any atom is 0.255 e. The van der Waals surface area contributed by atoms with E-state index in [0.717, 1.165) is 37.9 Å². The molecule has 4 nitrogen and oxygen atoms in total. The van der Waals surface area contributed by atoms with Crippen LogP contribution in [0.3, 0.4) is 0 Å². The molecule has 0 radical (unpaired) electrons. The van der Waals surface area contributed by atoms with Gasteiger partial charge in [0.2, 0.25) is 5.91 Å². The Balaban J connectivity index is 1.71. The van der Waals surface area contributed by atoms with Crippen LogP contribution in [0, 0.1) is 5.92 Å². The van der Waals surface area contributed by atoms with Gasteiger partial charge in [0.15, 0.2) is 0 Å². The number of amides is 2. The van der Waals surface area contributed by atoms with Crippen LogP contribution >= 0.6 is 0 Å². The van der Waals surface area contributed by atoms with Crippen LogP contribution in [0.2, 0.25) is 0 Å². The Labute approximate surface area is 180 Å². The average molecular weight is 407 g/mol. The Bertz CT molecular complexity index is 850. The summed E-state index contributed by atoms with van der Waals surface area (Å²) in [6.07, 6.45) is 5.48. The molecular formula is C26H34N2O2. The molecule has 0 aromatic heterocycles. The summed E-state index contributed by atoms with van der Waals surface area (Å²) < 4.78 is 0. The Morgan fingerprint density at radius 1 is 0.900 bits per heavy atom. The first-order valence-electron chi connectivity index (χ1n) is 11.2. The quantitative estimate of drug-likeness (QED) is 0.674. The summed E-state index contributed by atoms with van der Waals surface area (Å²) >= 11 is 0. The first-order chi connectivity index (χ1) is 14.5. The normalized spacial score (nSPS) is 15.5. The topological polar surface area (TPSA) is 49.4 Å². The van der Waals surface area contributed by atoms with Crippen molar-refractivity contribution in [3.8, 4) is 0 Å². The van der Waals surface area contributed by atoms with Gasteiger partial charge in [0.05, 0.1) is 17.2 Å². The van der Waals surface area contributed by atoms with Crippen LogP contribution in [0.5, 0.6) is 0 Å². The van der Waals surface area contributed by atoms with Crippen molar-refractivity contribution in [3.05, 3.63) is 65.2 Å². The molecule has 4 heteroatoms. The minimum atomic E-state index is -0.292. The maximum absolute atomic E-state index is 13.1. The fourth-order valence-corrected chi connectivity index (χ4v) is 4.03. The lowest BCUT2D eigenvalue weighted by atomic mass is 9.96. The molecule has 0 bridgehead atoms. The predicted molar refractivity (Wildman–Crippen MR) is 123 cm³/mol. The van der Waals surface area contributed by atoms with Crippen LogP contribution in [0.15, 0.2) is 48.5 Å². The lowest BCUT2D eigenvalue weighted by Crippen LogP contribution is -2.32. The molecule has 0 saturated carbocycles. The molecule has 1 atom stereocenters. The molecule has 1 heterocycles. The maximum atomic E-state index is 13.1. The SMILES string of the molecule is CC(C)Cc1ccc(C(C)C(=O)Nc2ccccc2C(=O)N2CCCCCC2)cc1. The highest BCUT2D eigenvalue weighted by Gasteiger charge is 2.22. The zero-order valence-corrected chi connectivity index (χ0v) is 18.5. The van der Waals surface area contributed by atoms with Gasteiger partial charge >= 0.3 is 0 Å². The molecule has 3 rings (SSSR count). The van der Waals surface area contributed by atoms with Gasteiger partial charge in [0.1, 0.15) is 0 Å². The third kappa shape index (κ3) is 5.71. The van der Waals surface area contributed by atoms with Crippen LogP contribution in [0.1, 0.15) is 73.9 Å². The summed E-state index contributed by atoms with van der Waals surface area (Å²) in [7, 11) is 0. The van der Waals surface area contributed by atoms with Crippen molar-refractivity contribution < 1.29 is 9.59 Å². The van der Waals surface area contributed by atoms with Crippen molar-refractivity contribution in [2.45, 2.75) is 58.8 Å². The molecule has 0 aliphatic carbocycles. The molecule has 1 unspecified atom stereocenters. The Kier molecular flexibility index (Phi) is 7.67. The Morgan fingerprint density at radius 2 is 1.53 bits per heavy atom. The number of carbonyl (C=O) groups excluding carboxylic acids is 2. The van der Waals surface area contributed by atoms with Gasteiger partial charge in [-0.25, -0.2) is 0 Å². The van der Waals surface area contributed by atoms with E-state index in [4.69, 9.17) is 0 Å². The molecule has 1 fully saturated rings. The van der Waals surface area contributed by atoms with Crippen molar-refractivity contribution in [2.75, 3.05) is 18.4 Å². The minimum Gasteiger partial charge on any atom is -0.339 e. The van der Waals surface area contributed by atoms with E-state index in [2.05, 4.69) is 31.3 Å². The molecule has 160 valence electrons. The van der Waals surface area contributed by atoms with Gasteiger partial charge in [-0.3, -0.25) is 9.59 Å². The summed E-state index contributed by atoms with van der Waals surface area (Å²) in [5.41, 5.74) is 3.44. The molecule has 2 amide bonds. The number of hydrogen-bond acceptors (Lipinski definition) is 2. The van der Waals surface area contributed by atoms with E-state index in [-0.39, 0.29) is 17.7 Å². The molecule has 1 N–H and O–H groups in total. The molecule has 1 aliphatic rings. The van der Waals surface area contributed by atoms with Crippen LogP contribution in [0.4, 0.5) is 5.69 Å². The van der Waals surface area contributed by atoms with Gasteiger partial charge in [-0.1, -0.05) is 63.1 Å². The second-order valence-electron chi connectivity index (χ2n) is 8.80. The zero-order chi connectivity index (χ0) is 21.5. The van der Waals surface area contributed by atoms with E-state index in [1.54, 1.807) is 0 Å². The summed E-state index contributed by atoms with van der Waals surface area (Å²) in [5, 5.41) is 3.00. The van der Waals surface area contributed by atoms with E-state index in [1.165, 1.54) is 18.4 Å². The van der Waals surface area contributed by atoms with E-state index in [0.29, 0.717) is 17.2 Å². The van der Waals surface area contributed by atoms with Gasteiger partial charge in [0, 0.05) is 13.1 Å². The van der Waals surface area contributed by atoms with Crippen LogP contribution < -0.4 is 5.32 Å². The molecule has 30 heavy (non-hydrogen) atoms. The average Bonchev–Trinajstić information content (AvgIpc) is 3.03. The highest BCUT2D eigenvalue weighted by Crippen LogP contribution is 2.23. The van der Waals surface area contributed by atoms with E-state index in [1.807, 2.05) is 48.2 Å². The number of carbonyl (C=O) groups is 2. The predicted octanol–water partition coefficient (Wildman–Crippen LogP) is 5.64. The Morgan fingerprint density at radius 3 is 2.17 bits per heavy atom. The highest BCUT2D eigenvalue weighted by molar-refractivity contribution is 6.05. The van der Waals surface area contributed by atoms with Gasteiger partial charge in [-0.15, -0.1) is 0 Å². The lowest BCUT2D eigenvalue weighted by molar-refractivity contribution is -0.117. The number of nitrogens with zero attached hydrogens (tertiary/aromatic N) is 1. The van der Waals surface area contributed by atoms with Crippen molar-refractivity contribution in [1.29, 1.82) is 0 Å². The zero-order valence-electron chi connectivity index (χ0n) is 18.5. The van der Waals surface area contributed by atoms with E-state index >= 15 is 0 Å². The fraction of sp³-hybridized carbons (Fsp3) is 0.462. The second-order valence-corrected chi connectivity index (χ2v) is 8.80. The molecule has 1 aliphatic heterocycles. The minimum absolute atomic E-state index is 0.0125. The Hall–Kier alpha value is -2.62. The molecule has 0 spiro atoms. The number of benzene rings is 2. The summed E-state index contributed by atoms with van der Waals surface area (Å²) in [6.45, 7) is 7.90. The number of hydrogen-bond donors (Lipinski definition) is 1. The van der Waals surface area contributed by atoms with E-state index in [9.17, 15) is 9.59 Å². The summed E-state index contributed by atoms with van der Waals surface area (Å²) in [5.74, 6) is 0.232. The highest BCUT2D eigenvalue weighted by atomic mass is 16.2. The van der Waals surface area contributed by atoms with Gasteiger partial charge < -0.3 is 10.2 Å². The number of para-hydroxylation sites is 1. The summed E-state index contributed by atoms with van der Waals surface area (Å²) in [6, 6.07) is 15.6. The monoisotopic (exact) mass is 406 g/mol. The van der Waals surface area contributed by atoms with Crippen molar-refractivity contribution >= 4 is 17.5 Å². The van der Waals surface area contributed by atoms with Crippen LogP contribution in [0.25, 0.3) is 0 Å². The second kappa shape index (κ2) is 10.4. The first-order valence-corrected chi connectivity index (χ1v) is 11.2. The smallest absolute Gasteiger partial charge is 0.255 e. The van der Waals surface area contributed by atoms with Crippen molar-refractivity contribution in [2.24, 2.45) is 5.92 Å². The van der Waals surface area contributed by atoms with E-state index < -0.39 is 0 Å². The third-order valence-corrected chi connectivity index (χ3v) is 5.83. The third-order valence-electron chi connectivity index (χ3n) is 5.83. The fourth-order valence-electron chi connectivity index (χ4n) is 4.03. The summed E-state index contributed by atoms with van der Waals surface area (Å²) in [4.78, 5) is 28.0. The van der Waals surface area contributed by atoms with Crippen molar-refractivity contribution in [3.63, 3.8) is 0 Å². The largest absolute Gasteiger partial charge is 0.339 e. The van der Waals surface area contributed by atoms with Crippen LogP contribution in [-0.4, -0.2) is 29.8 Å². The van der Waals surface area contributed by atoms with Crippen molar-refractivity contribution in [1.82, 2.24) is 4.90 Å². The number of anilines is 1. The number of rotatable bonds is 6. The lowest BCUT2D eigenvalue weighted by Gasteiger charge is -2.22. The molecule has 1 saturated heterocycles. The van der Waals surface area contributed by atoms with Gasteiger partial charge in [0.25, 0.3) is 5.91 Å². The molecule has 2 aromatic carbocycles. The number of nitrogens with one attached hydrogen (secondary N) is 1. The van der Waals surface area contributed by atoms with Crippen LogP contribution in [-0.2, 0) is 11.2 Å². The molecular weight excluding hydrogens is 372 g/mol. The molecule has 2 aromatic rings. The standard InChI is InChI=1S/C26H34N2O2/c1-19(2)18-21-12-14-22(15-13-21)20(3)25(29)27-24-11-7-6-10-23(24)26(30)28-16-8-4-5-9-17-28/h6-7,10-15,19-20H,4-5,8-9,16-18H2,1-3H3,(H,27,29).